The summed E-state index contributed by atoms with van der Waals surface area (Å²) in [7, 11) is 1.73. The lowest BCUT2D eigenvalue weighted by molar-refractivity contribution is -0.152. The van der Waals surface area contributed by atoms with Crippen LogP contribution < -0.4 is 0 Å². The number of rotatable bonds is 5. The van der Waals surface area contributed by atoms with Gasteiger partial charge in [0.25, 0.3) is 0 Å². The minimum Gasteiger partial charge on any atom is -0.481 e. The summed E-state index contributed by atoms with van der Waals surface area (Å²) in [5, 5.41) is 9.32. The number of hydrogen-bond donors (Lipinski definition) is 1. The number of aliphatic carboxylic acids is 1. The van der Waals surface area contributed by atoms with Gasteiger partial charge >= 0.3 is 5.97 Å². The van der Waals surface area contributed by atoms with Crippen molar-refractivity contribution in [3.05, 3.63) is 0 Å². The molecule has 4 heteroatoms. The van der Waals surface area contributed by atoms with Crippen molar-refractivity contribution in [2.75, 3.05) is 26.8 Å². The highest BCUT2D eigenvalue weighted by Gasteiger charge is 2.43. The zero-order valence-corrected chi connectivity index (χ0v) is 10.8. The minimum absolute atomic E-state index is 0.430. The maximum absolute atomic E-state index is 11.3. The third kappa shape index (κ3) is 2.80. The molecule has 1 saturated heterocycles. The lowest BCUT2D eigenvalue weighted by Crippen LogP contribution is -2.52. The third-order valence-electron chi connectivity index (χ3n) is 4.21. The van der Waals surface area contributed by atoms with Crippen molar-refractivity contribution in [1.82, 2.24) is 4.90 Å². The van der Waals surface area contributed by atoms with Crippen LogP contribution >= 0.6 is 0 Å². The van der Waals surface area contributed by atoms with E-state index in [0.717, 1.165) is 31.9 Å². The van der Waals surface area contributed by atoms with Gasteiger partial charge < -0.3 is 9.84 Å². The van der Waals surface area contributed by atoms with Gasteiger partial charge in [-0.2, -0.15) is 0 Å². The first kappa shape index (κ1) is 12.8. The molecule has 98 valence electrons. The molecule has 2 aliphatic rings. The molecule has 0 radical (unpaired) electrons. The van der Waals surface area contributed by atoms with Crippen LogP contribution in [0.3, 0.4) is 0 Å². The van der Waals surface area contributed by atoms with Crippen LogP contribution in [-0.4, -0.2) is 48.8 Å². The van der Waals surface area contributed by atoms with Crippen LogP contribution in [0.15, 0.2) is 0 Å². The lowest BCUT2D eigenvalue weighted by Gasteiger charge is -2.41. The molecule has 0 aromatic rings. The number of piperidine rings is 1. The molecule has 0 aromatic heterocycles. The standard InChI is InChI=1S/C13H23NO3/c1-13(12(15)16)6-3-7-14(9-13)11(8-17-2)10-4-5-10/h10-11H,3-9H2,1-2H3,(H,15,16). The first-order valence-corrected chi connectivity index (χ1v) is 6.53. The van der Waals surface area contributed by atoms with Gasteiger partial charge in [-0.05, 0) is 45.1 Å². The Hall–Kier alpha value is -0.610. The van der Waals surface area contributed by atoms with Crippen molar-refractivity contribution in [2.45, 2.75) is 38.6 Å². The summed E-state index contributed by atoms with van der Waals surface area (Å²) in [6.07, 6.45) is 4.32. The van der Waals surface area contributed by atoms with E-state index in [0.29, 0.717) is 12.6 Å². The van der Waals surface area contributed by atoms with Crippen LogP contribution in [0.1, 0.15) is 32.6 Å². The number of carboxylic acids is 1. The fourth-order valence-corrected chi connectivity index (χ4v) is 2.93. The Balaban J connectivity index is 2.02. The molecule has 1 aliphatic carbocycles. The van der Waals surface area contributed by atoms with Crippen molar-refractivity contribution in [1.29, 1.82) is 0 Å². The normalized spacial score (nSPS) is 32.4. The highest BCUT2D eigenvalue weighted by atomic mass is 16.5. The zero-order valence-electron chi connectivity index (χ0n) is 10.8. The summed E-state index contributed by atoms with van der Waals surface area (Å²) in [5.74, 6) is 0.0697. The minimum atomic E-state index is -0.658. The molecule has 1 heterocycles. The van der Waals surface area contributed by atoms with Crippen molar-refractivity contribution in [3.63, 3.8) is 0 Å². The lowest BCUT2D eigenvalue weighted by atomic mass is 9.81. The fourth-order valence-electron chi connectivity index (χ4n) is 2.93. The molecule has 4 nitrogen and oxygen atoms in total. The Labute approximate surface area is 103 Å². The summed E-state index contributed by atoms with van der Waals surface area (Å²) < 4.78 is 5.30. The van der Waals surface area contributed by atoms with Gasteiger partial charge in [-0.15, -0.1) is 0 Å². The van der Waals surface area contributed by atoms with Gasteiger partial charge in [-0.1, -0.05) is 0 Å². The van der Waals surface area contributed by atoms with Crippen LogP contribution in [0.2, 0.25) is 0 Å². The predicted octanol–water partition coefficient (Wildman–Crippen LogP) is 1.60. The number of ether oxygens (including phenoxy) is 1. The summed E-state index contributed by atoms with van der Waals surface area (Å²) >= 11 is 0. The molecule has 2 rings (SSSR count). The average molecular weight is 241 g/mol. The van der Waals surface area contributed by atoms with E-state index in [1.165, 1.54) is 12.8 Å². The first-order chi connectivity index (χ1) is 8.07. The summed E-state index contributed by atoms with van der Waals surface area (Å²) in [6.45, 7) is 4.30. The Morgan fingerprint density at radius 3 is 2.82 bits per heavy atom. The molecular weight excluding hydrogens is 218 g/mol. The SMILES string of the molecule is COCC(C1CC1)N1CCCC(C)(C(=O)O)C1. The second kappa shape index (κ2) is 4.94. The van der Waals surface area contributed by atoms with Gasteiger partial charge in [0.15, 0.2) is 0 Å². The first-order valence-electron chi connectivity index (χ1n) is 6.53. The van der Waals surface area contributed by atoms with E-state index in [-0.39, 0.29) is 0 Å². The van der Waals surface area contributed by atoms with Crippen molar-refractivity contribution in [3.8, 4) is 0 Å². The second-order valence-electron chi connectivity index (χ2n) is 5.80. The molecule has 2 unspecified atom stereocenters. The molecule has 0 aromatic carbocycles. The van der Waals surface area contributed by atoms with Crippen molar-refractivity contribution in [2.24, 2.45) is 11.3 Å². The molecule has 2 atom stereocenters. The summed E-state index contributed by atoms with van der Waals surface area (Å²) in [4.78, 5) is 13.7. The Kier molecular flexibility index (Phi) is 3.73. The third-order valence-corrected chi connectivity index (χ3v) is 4.21. The highest BCUT2D eigenvalue weighted by molar-refractivity contribution is 5.74. The van der Waals surface area contributed by atoms with E-state index in [9.17, 15) is 9.90 Å². The molecule has 0 bridgehead atoms. The van der Waals surface area contributed by atoms with Crippen LogP contribution in [0.5, 0.6) is 0 Å². The fraction of sp³-hybridized carbons (Fsp3) is 0.923. The van der Waals surface area contributed by atoms with Crippen LogP contribution in [0, 0.1) is 11.3 Å². The van der Waals surface area contributed by atoms with E-state index >= 15 is 0 Å². The maximum Gasteiger partial charge on any atom is 0.310 e. The predicted molar refractivity (Wildman–Crippen MR) is 64.9 cm³/mol. The Morgan fingerprint density at radius 2 is 2.29 bits per heavy atom. The second-order valence-corrected chi connectivity index (χ2v) is 5.80. The van der Waals surface area contributed by atoms with Crippen LogP contribution in [0.4, 0.5) is 0 Å². The van der Waals surface area contributed by atoms with E-state index in [4.69, 9.17) is 4.74 Å². The van der Waals surface area contributed by atoms with E-state index < -0.39 is 11.4 Å². The molecule has 1 aliphatic heterocycles. The largest absolute Gasteiger partial charge is 0.481 e. The number of likely N-dealkylation sites (tertiary alicyclic amines) is 1. The van der Waals surface area contributed by atoms with Gasteiger partial charge in [0, 0.05) is 19.7 Å². The van der Waals surface area contributed by atoms with Gasteiger partial charge in [0.05, 0.1) is 12.0 Å². The Bertz CT molecular complexity index is 290. The smallest absolute Gasteiger partial charge is 0.310 e. The average Bonchev–Trinajstić information content (AvgIpc) is 3.09. The van der Waals surface area contributed by atoms with Gasteiger partial charge in [0.2, 0.25) is 0 Å². The highest BCUT2D eigenvalue weighted by Crippen LogP contribution is 2.39. The quantitative estimate of drug-likeness (QED) is 0.794. The molecular formula is C13H23NO3. The number of hydrogen-bond acceptors (Lipinski definition) is 3. The van der Waals surface area contributed by atoms with Gasteiger partial charge in [-0.25, -0.2) is 0 Å². The van der Waals surface area contributed by atoms with Gasteiger partial charge in [-0.3, -0.25) is 9.69 Å². The number of carbonyl (C=O) groups is 1. The zero-order chi connectivity index (χ0) is 12.5. The number of nitrogens with zero attached hydrogens (tertiary/aromatic N) is 1. The van der Waals surface area contributed by atoms with Gasteiger partial charge in [0.1, 0.15) is 0 Å². The number of methoxy groups -OCH3 is 1. The molecule has 1 N–H and O–H groups in total. The molecule has 1 saturated carbocycles. The van der Waals surface area contributed by atoms with E-state index in [1.807, 2.05) is 6.92 Å². The topological polar surface area (TPSA) is 49.8 Å². The van der Waals surface area contributed by atoms with Crippen LogP contribution in [0.25, 0.3) is 0 Å². The molecule has 0 amide bonds. The van der Waals surface area contributed by atoms with Crippen molar-refractivity contribution < 1.29 is 14.6 Å². The molecule has 17 heavy (non-hydrogen) atoms. The van der Waals surface area contributed by atoms with E-state index in [1.54, 1.807) is 7.11 Å². The van der Waals surface area contributed by atoms with Crippen molar-refractivity contribution >= 4 is 5.97 Å². The monoisotopic (exact) mass is 241 g/mol. The van der Waals surface area contributed by atoms with Crippen LogP contribution in [-0.2, 0) is 9.53 Å². The van der Waals surface area contributed by atoms with E-state index in [2.05, 4.69) is 4.90 Å². The number of carboxylic acid groups (broad SMARTS) is 1. The maximum atomic E-state index is 11.3. The summed E-state index contributed by atoms with van der Waals surface area (Å²) in [5.41, 5.74) is -0.570. The molecule has 0 spiro atoms. The molecule has 2 fully saturated rings. The summed E-state index contributed by atoms with van der Waals surface area (Å²) in [6, 6.07) is 0.430. The Morgan fingerprint density at radius 1 is 1.59 bits per heavy atom.